The van der Waals surface area contributed by atoms with E-state index in [1.54, 1.807) is 25.1 Å². The van der Waals surface area contributed by atoms with Crippen LogP contribution in [-0.2, 0) is 6.61 Å². The number of ether oxygens (including phenoxy) is 1. The van der Waals surface area contributed by atoms with Gasteiger partial charge in [-0.15, -0.1) is 11.3 Å². The molecular formula is C13H10BrFO3S. The Morgan fingerprint density at radius 3 is 2.89 bits per heavy atom. The standard InChI is InChI=1S/C13H10BrFO3S/c1-7-4-11(12(19-7)13(16)17)18-6-8-5-9(14)2-3-10(8)15/h2-5H,6H2,1H3,(H,16,17). The highest BCUT2D eigenvalue weighted by atomic mass is 79.9. The molecule has 0 amide bonds. The highest BCUT2D eigenvalue weighted by Gasteiger charge is 2.16. The van der Waals surface area contributed by atoms with Crippen LogP contribution < -0.4 is 4.74 Å². The van der Waals surface area contributed by atoms with Crippen molar-refractivity contribution < 1.29 is 19.0 Å². The van der Waals surface area contributed by atoms with Gasteiger partial charge in [-0.25, -0.2) is 9.18 Å². The summed E-state index contributed by atoms with van der Waals surface area (Å²) in [6.07, 6.45) is 0. The third-order valence-electron chi connectivity index (χ3n) is 2.41. The fourth-order valence-corrected chi connectivity index (χ4v) is 2.76. The lowest BCUT2D eigenvalue weighted by Gasteiger charge is -2.07. The molecule has 0 fully saturated rings. The lowest BCUT2D eigenvalue weighted by Crippen LogP contribution is -2.01. The Morgan fingerprint density at radius 2 is 2.21 bits per heavy atom. The van der Waals surface area contributed by atoms with Crippen LogP contribution in [0.15, 0.2) is 28.7 Å². The third-order valence-corrected chi connectivity index (χ3v) is 3.92. The first-order chi connectivity index (χ1) is 8.97. The fourth-order valence-electron chi connectivity index (χ4n) is 1.56. The number of aromatic carboxylic acids is 1. The number of hydrogen-bond acceptors (Lipinski definition) is 3. The van der Waals surface area contributed by atoms with Crippen LogP contribution in [0.1, 0.15) is 20.1 Å². The molecule has 2 aromatic rings. The maximum atomic E-state index is 13.5. The summed E-state index contributed by atoms with van der Waals surface area (Å²) in [7, 11) is 0. The van der Waals surface area contributed by atoms with E-state index in [1.165, 1.54) is 6.07 Å². The summed E-state index contributed by atoms with van der Waals surface area (Å²) in [6.45, 7) is 1.78. The first kappa shape index (κ1) is 14.0. The SMILES string of the molecule is Cc1cc(OCc2cc(Br)ccc2F)c(C(=O)O)s1. The van der Waals surface area contributed by atoms with Crippen molar-refractivity contribution in [3.05, 3.63) is 49.9 Å². The Balaban J connectivity index is 2.19. The van der Waals surface area contributed by atoms with E-state index in [2.05, 4.69) is 15.9 Å². The summed E-state index contributed by atoms with van der Waals surface area (Å²) >= 11 is 4.39. The third kappa shape index (κ3) is 3.33. The van der Waals surface area contributed by atoms with Gasteiger partial charge in [0.15, 0.2) is 4.88 Å². The molecule has 0 saturated carbocycles. The van der Waals surface area contributed by atoms with Crippen molar-refractivity contribution in [2.24, 2.45) is 0 Å². The number of carboxylic acids is 1. The predicted octanol–water partition coefficient (Wildman–Crippen LogP) is 4.24. The molecule has 0 radical (unpaired) electrons. The number of aryl methyl sites for hydroxylation is 1. The number of benzene rings is 1. The minimum absolute atomic E-state index is 0.0122. The molecule has 1 aromatic heterocycles. The zero-order chi connectivity index (χ0) is 14.0. The van der Waals surface area contributed by atoms with Gasteiger partial charge in [0, 0.05) is 14.9 Å². The van der Waals surface area contributed by atoms with Crippen LogP contribution >= 0.6 is 27.3 Å². The molecular weight excluding hydrogens is 335 g/mol. The number of thiophene rings is 1. The maximum absolute atomic E-state index is 13.5. The van der Waals surface area contributed by atoms with E-state index >= 15 is 0 Å². The zero-order valence-electron chi connectivity index (χ0n) is 9.94. The summed E-state index contributed by atoms with van der Waals surface area (Å²) in [5.41, 5.74) is 0.370. The van der Waals surface area contributed by atoms with Gasteiger partial charge in [0.2, 0.25) is 0 Å². The number of hydrogen-bond donors (Lipinski definition) is 1. The normalized spacial score (nSPS) is 10.5. The first-order valence-corrected chi connectivity index (χ1v) is 6.99. The minimum Gasteiger partial charge on any atom is -0.487 e. The lowest BCUT2D eigenvalue weighted by molar-refractivity contribution is 0.0697. The monoisotopic (exact) mass is 344 g/mol. The number of carboxylic acid groups (broad SMARTS) is 1. The summed E-state index contributed by atoms with van der Waals surface area (Å²) in [4.78, 5) is 12.0. The van der Waals surface area contributed by atoms with Crippen LogP contribution in [0.5, 0.6) is 5.75 Å². The van der Waals surface area contributed by atoms with Crippen LogP contribution in [0, 0.1) is 12.7 Å². The first-order valence-electron chi connectivity index (χ1n) is 5.38. The van der Waals surface area contributed by atoms with Crippen molar-refractivity contribution in [1.82, 2.24) is 0 Å². The Hall–Kier alpha value is -1.40. The maximum Gasteiger partial charge on any atom is 0.349 e. The van der Waals surface area contributed by atoms with E-state index in [9.17, 15) is 9.18 Å². The minimum atomic E-state index is -1.04. The Labute approximate surface area is 121 Å². The topological polar surface area (TPSA) is 46.5 Å². The van der Waals surface area contributed by atoms with Crippen molar-refractivity contribution in [2.75, 3.05) is 0 Å². The molecule has 0 atom stereocenters. The summed E-state index contributed by atoms with van der Waals surface area (Å²) in [6, 6.07) is 6.18. The second-order valence-electron chi connectivity index (χ2n) is 3.88. The largest absolute Gasteiger partial charge is 0.487 e. The van der Waals surface area contributed by atoms with Gasteiger partial charge in [0.25, 0.3) is 0 Å². The molecule has 0 saturated heterocycles. The molecule has 3 nitrogen and oxygen atoms in total. The Morgan fingerprint density at radius 1 is 1.47 bits per heavy atom. The molecule has 0 unspecified atom stereocenters. The summed E-state index contributed by atoms with van der Waals surface area (Å²) in [5, 5.41) is 9.02. The van der Waals surface area contributed by atoms with Gasteiger partial charge in [-0.1, -0.05) is 15.9 Å². The lowest BCUT2D eigenvalue weighted by atomic mass is 10.2. The highest BCUT2D eigenvalue weighted by Crippen LogP contribution is 2.30. The van der Waals surface area contributed by atoms with Gasteiger partial charge in [-0.2, -0.15) is 0 Å². The average Bonchev–Trinajstić information content (AvgIpc) is 2.72. The van der Waals surface area contributed by atoms with Gasteiger partial charge < -0.3 is 9.84 Å². The molecule has 1 heterocycles. The van der Waals surface area contributed by atoms with Gasteiger partial charge >= 0.3 is 5.97 Å². The molecule has 0 aliphatic heterocycles. The van der Waals surface area contributed by atoms with Crippen LogP contribution in [0.25, 0.3) is 0 Å². The van der Waals surface area contributed by atoms with Gasteiger partial charge in [-0.05, 0) is 31.2 Å². The smallest absolute Gasteiger partial charge is 0.349 e. The van der Waals surface area contributed by atoms with E-state index in [0.29, 0.717) is 5.56 Å². The van der Waals surface area contributed by atoms with Crippen LogP contribution in [0.4, 0.5) is 4.39 Å². The molecule has 0 aliphatic rings. The molecule has 1 N–H and O–H groups in total. The summed E-state index contributed by atoms with van der Waals surface area (Å²) in [5.74, 6) is -1.15. The van der Waals surface area contributed by atoms with Gasteiger partial charge in [0.05, 0.1) is 0 Å². The van der Waals surface area contributed by atoms with Crippen LogP contribution in [0.2, 0.25) is 0 Å². The van der Waals surface area contributed by atoms with Gasteiger partial charge in [0.1, 0.15) is 18.2 Å². The van der Waals surface area contributed by atoms with Crippen LogP contribution in [0.3, 0.4) is 0 Å². The molecule has 0 aliphatic carbocycles. The van der Waals surface area contributed by atoms with E-state index in [0.717, 1.165) is 20.7 Å². The second kappa shape index (κ2) is 5.71. The molecule has 100 valence electrons. The highest BCUT2D eigenvalue weighted by molar-refractivity contribution is 9.10. The van der Waals surface area contributed by atoms with Crippen molar-refractivity contribution >= 4 is 33.2 Å². The molecule has 0 spiro atoms. The molecule has 0 bridgehead atoms. The van der Waals surface area contributed by atoms with Gasteiger partial charge in [-0.3, -0.25) is 0 Å². The fraction of sp³-hybridized carbons (Fsp3) is 0.154. The molecule has 2 rings (SSSR count). The van der Waals surface area contributed by atoms with Crippen molar-refractivity contribution in [3.8, 4) is 5.75 Å². The zero-order valence-corrected chi connectivity index (χ0v) is 12.3. The number of rotatable bonds is 4. The molecule has 19 heavy (non-hydrogen) atoms. The number of carbonyl (C=O) groups is 1. The number of halogens is 2. The van der Waals surface area contributed by atoms with E-state index < -0.39 is 5.97 Å². The van der Waals surface area contributed by atoms with E-state index in [4.69, 9.17) is 9.84 Å². The van der Waals surface area contributed by atoms with Crippen molar-refractivity contribution in [1.29, 1.82) is 0 Å². The quantitative estimate of drug-likeness (QED) is 0.902. The summed E-state index contributed by atoms with van der Waals surface area (Å²) < 4.78 is 19.7. The molecule has 6 heteroatoms. The van der Waals surface area contributed by atoms with E-state index in [-0.39, 0.29) is 23.1 Å². The van der Waals surface area contributed by atoms with E-state index in [1.807, 2.05) is 0 Å². The molecule has 1 aromatic carbocycles. The Bertz CT molecular complexity index is 624. The predicted molar refractivity (Wildman–Crippen MR) is 74.4 cm³/mol. The van der Waals surface area contributed by atoms with Crippen LogP contribution in [-0.4, -0.2) is 11.1 Å². The van der Waals surface area contributed by atoms with Crippen molar-refractivity contribution in [2.45, 2.75) is 13.5 Å². The Kier molecular flexibility index (Phi) is 4.21. The average molecular weight is 345 g/mol. The second-order valence-corrected chi connectivity index (χ2v) is 6.05. The van der Waals surface area contributed by atoms with Crippen molar-refractivity contribution in [3.63, 3.8) is 0 Å².